The molecule has 1 aromatic heterocycles. The van der Waals surface area contributed by atoms with Gasteiger partial charge in [-0.2, -0.15) is 0 Å². The Morgan fingerprint density at radius 2 is 1.09 bits per heavy atom. The zero-order valence-electron chi connectivity index (χ0n) is 14.7. The lowest BCUT2D eigenvalue weighted by atomic mass is 9.77. The van der Waals surface area contributed by atoms with Crippen molar-refractivity contribution in [3.63, 3.8) is 0 Å². The van der Waals surface area contributed by atoms with Gasteiger partial charge in [0.2, 0.25) is 11.8 Å². The fourth-order valence-electron chi connectivity index (χ4n) is 2.91. The minimum atomic E-state index is -0.264. The van der Waals surface area contributed by atoms with Gasteiger partial charge in [-0.05, 0) is 29.9 Å². The predicted octanol–water partition coefficient (Wildman–Crippen LogP) is 4.79. The van der Waals surface area contributed by atoms with Crippen LogP contribution in [0.2, 0.25) is 0 Å². The second-order valence-electron chi connectivity index (χ2n) is 8.07. The highest BCUT2D eigenvalue weighted by Crippen LogP contribution is 2.47. The SMILES string of the molecule is Cc1ccc(-n2c(O)c(C(C)(C)C)c(C(C)(C)C)c2O)cc1. The van der Waals surface area contributed by atoms with Crippen LogP contribution in [0.25, 0.3) is 5.69 Å². The normalized spacial score (nSPS) is 12.7. The van der Waals surface area contributed by atoms with Crippen LogP contribution >= 0.6 is 0 Å². The third-order valence-electron chi connectivity index (χ3n) is 3.91. The van der Waals surface area contributed by atoms with Crippen molar-refractivity contribution in [2.45, 2.75) is 59.3 Å². The molecular weight excluding hydrogens is 274 g/mol. The minimum absolute atomic E-state index is 0.124. The molecular formula is C19H27NO2. The molecule has 0 fully saturated rings. The molecule has 1 aromatic carbocycles. The third kappa shape index (κ3) is 2.72. The van der Waals surface area contributed by atoms with Crippen LogP contribution in [0.3, 0.4) is 0 Å². The van der Waals surface area contributed by atoms with Crippen LogP contribution in [0.15, 0.2) is 24.3 Å². The number of aryl methyl sites for hydroxylation is 1. The average molecular weight is 301 g/mol. The number of aromatic nitrogens is 1. The van der Waals surface area contributed by atoms with Gasteiger partial charge < -0.3 is 10.2 Å². The first-order valence-corrected chi connectivity index (χ1v) is 7.69. The van der Waals surface area contributed by atoms with Gasteiger partial charge in [-0.25, -0.2) is 0 Å². The Morgan fingerprint density at radius 1 is 0.727 bits per heavy atom. The second-order valence-corrected chi connectivity index (χ2v) is 8.07. The summed E-state index contributed by atoms with van der Waals surface area (Å²) in [7, 11) is 0. The lowest BCUT2D eigenvalue weighted by molar-refractivity contribution is 0.392. The number of hydrogen-bond donors (Lipinski definition) is 2. The summed E-state index contributed by atoms with van der Waals surface area (Å²) >= 11 is 0. The van der Waals surface area contributed by atoms with E-state index in [-0.39, 0.29) is 22.6 Å². The first kappa shape index (κ1) is 16.5. The molecule has 0 bridgehead atoms. The van der Waals surface area contributed by atoms with E-state index in [0.29, 0.717) is 0 Å². The fourth-order valence-corrected chi connectivity index (χ4v) is 2.91. The summed E-state index contributed by atoms with van der Waals surface area (Å²) in [6.07, 6.45) is 0. The number of hydrogen-bond acceptors (Lipinski definition) is 2. The first-order chi connectivity index (χ1) is 9.94. The van der Waals surface area contributed by atoms with E-state index >= 15 is 0 Å². The standard InChI is InChI=1S/C19H27NO2/c1-12-8-10-13(11-9-12)20-16(21)14(18(2,3)4)15(17(20)22)19(5,6)7/h8-11,21-22H,1-7H3. The van der Waals surface area contributed by atoms with E-state index in [9.17, 15) is 10.2 Å². The van der Waals surface area contributed by atoms with Crippen LogP contribution in [0.1, 0.15) is 58.2 Å². The molecule has 2 aromatic rings. The van der Waals surface area contributed by atoms with Crippen molar-refractivity contribution in [2.24, 2.45) is 0 Å². The Labute approximate surface area is 133 Å². The van der Waals surface area contributed by atoms with Gasteiger partial charge in [-0.3, -0.25) is 4.57 Å². The van der Waals surface area contributed by atoms with Crippen LogP contribution < -0.4 is 0 Å². The van der Waals surface area contributed by atoms with Gasteiger partial charge >= 0.3 is 0 Å². The number of benzene rings is 1. The van der Waals surface area contributed by atoms with Crippen LogP contribution in [0.5, 0.6) is 11.8 Å². The summed E-state index contributed by atoms with van der Waals surface area (Å²) in [4.78, 5) is 0. The zero-order valence-corrected chi connectivity index (χ0v) is 14.7. The van der Waals surface area contributed by atoms with Gasteiger partial charge in [0.1, 0.15) is 0 Å². The molecule has 3 nitrogen and oxygen atoms in total. The van der Waals surface area contributed by atoms with Crippen molar-refractivity contribution in [2.75, 3.05) is 0 Å². The van der Waals surface area contributed by atoms with Crippen LogP contribution in [0.4, 0.5) is 0 Å². The van der Waals surface area contributed by atoms with Crippen molar-refractivity contribution in [1.29, 1.82) is 0 Å². The van der Waals surface area contributed by atoms with E-state index < -0.39 is 0 Å². The summed E-state index contributed by atoms with van der Waals surface area (Å²) in [5.41, 5.74) is 2.99. The molecule has 0 amide bonds. The lowest BCUT2D eigenvalue weighted by Gasteiger charge is -2.26. The molecule has 2 rings (SSSR count). The second kappa shape index (κ2) is 5.08. The third-order valence-corrected chi connectivity index (χ3v) is 3.91. The molecule has 0 radical (unpaired) electrons. The maximum absolute atomic E-state index is 10.8. The van der Waals surface area contributed by atoms with Gasteiger partial charge in [0.15, 0.2) is 0 Å². The molecule has 0 saturated heterocycles. The molecule has 120 valence electrons. The van der Waals surface area contributed by atoms with Crippen molar-refractivity contribution in [3.8, 4) is 17.4 Å². The lowest BCUT2D eigenvalue weighted by Crippen LogP contribution is -2.20. The molecule has 0 aliphatic heterocycles. The van der Waals surface area contributed by atoms with Crippen molar-refractivity contribution in [1.82, 2.24) is 4.57 Å². The highest BCUT2D eigenvalue weighted by molar-refractivity contribution is 5.57. The molecule has 3 heteroatoms. The Morgan fingerprint density at radius 3 is 1.41 bits per heavy atom. The Hall–Kier alpha value is -1.90. The van der Waals surface area contributed by atoms with Gasteiger partial charge in [-0.15, -0.1) is 0 Å². The molecule has 0 unspecified atom stereocenters. The van der Waals surface area contributed by atoms with E-state index in [1.54, 1.807) is 4.57 Å². The van der Waals surface area contributed by atoms with Crippen LogP contribution in [-0.2, 0) is 10.8 Å². The molecule has 2 N–H and O–H groups in total. The number of rotatable bonds is 1. The molecule has 1 heterocycles. The molecule has 0 atom stereocenters. The van der Waals surface area contributed by atoms with E-state index in [1.165, 1.54) is 0 Å². The maximum Gasteiger partial charge on any atom is 0.202 e. The van der Waals surface area contributed by atoms with Crippen molar-refractivity contribution >= 4 is 0 Å². The molecule has 0 saturated carbocycles. The fraction of sp³-hybridized carbons (Fsp3) is 0.474. The first-order valence-electron chi connectivity index (χ1n) is 7.69. The van der Waals surface area contributed by atoms with Crippen molar-refractivity contribution in [3.05, 3.63) is 41.0 Å². The molecule has 0 spiro atoms. The number of nitrogens with zero attached hydrogens (tertiary/aromatic N) is 1. The van der Waals surface area contributed by atoms with Gasteiger partial charge in [-0.1, -0.05) is 59.2 Å². The molecule has 22 heavy (non-hydrogen) atoms. The zero-order chi connectivity index (χ0) is 16.9. The van der Waals surface area contributed by atoms with Gasteiger partial charge in [0, 0.05) is 11.1 Å². The average Bonchev–Trinajstić information content (AvgIpc) is 2.62. The topological polar surface area (TPSA) is 45.4 Å². The monoisotopic (exact) mass is 301 g/mol. The van der Waals surface area contributed by atoms with E-state index in [2.05, 4.69) is 41.5 Å². The van der Waals surface area contributed by atoms with Crippen LogP contribution in [-0.4, -0.2) is 14.8 Å². The van der Waals surface area contributed by atoms with E-state index in [0.717, 1.165) is 22.4 Å². The Bertz CT molecular complexity index is 643. The summed E-state index contributed by atoms with van der Waals surface area (Å²) in [6.45, 7) is 14.3. The van der Waals surface area contributed by atoms with E-state index in [4.69, 9.17) is 0 Å². The molecule has 0 aliphatic carbocycles. The quantitative estimate of drug-likeness (QED) is 0.795. The highest BCUT2D eigenvalue weighted by atomic mass is 16.3. The van der Waals surface area contributed by atoms with Crippen molar-refractivity contribution < 1.29 is 10.2 Å². The van der Waals surface area contributed by atoms with Crippen LogP contribution in [0, 0.1) is 6.92 Å². The summed E-state index contributed by atoms with van der Waals surface area (Å²) in [5, 5.41) is 21.6. The predicted molar refractivity (Wildman–Crippen MR) is 91.2 cm³/mol. The maximum atomic E-state index is 10.8. The smallest absolute Gasteiger partial charge is 0.202 e. The van der Waals surface area contributed by atoms with Gasteiger partial charge in [0.25, 0.3) is 0 Å². The summed E-state index contributed by atoms with van der Waals surface area (Å²) in [6, 6.07) is 7.77. The summed E-state index contributed by atoms with van der Waals surface area (Å²) < 4.78 is 1.54. The van der Waals surface area contributed by atoms with Gasteiger partial charge in [0.05, 0.1) is 5.69 Å². The molecule has 0 aliphatic rings. The summed E-state index contributed by atoms with van der Waals surface area (Å²) in [5.74, 6) is 0.248. The Balaban J connectivity index is 2.83. The largest absolute Gasteiger partial charge is 0.494 e. The highest BCUT2D eigenvalue weighted by Gasteiger charge is 2.36. The number of aromatic hydroxyl groups is 2. The Kier molecular flexibility index (Phi) is 3.80. The van der Waals surface area contributed by atoms with E-state index in [1.807, 2.05) is 31.2 Å². The minimum Gasteiger partial charge on any atom is -0.494 e.